The normalized spacial score (nSPS) is 16.4. The van der Waals surface area contributed by atoms with Crippen LogP contribution in [0.5, 0.6) is 5.75 Å². The molecular weight excluding hydrogens is 148 g/mol. The van der Waals surface area contributed by atoms with Crippen molar-refractivity contribution >= 4 is 0 Å². The molecule has 12 heavy (non-hydrogen) atoms. The third-order valence-corrected chi connectivity index (χ3v) is 2.53. The Morgan fingerprint density at radius 1 is 1.42 bits per heavy atom. The third kappa shape index (κ3) is 1.31. The number of aromatic hydroxyl groups is 1. The first-order valence-electron chi connectivity index (χ1n) is 4.63. The zero-order chi connectivity index (χ0) is 8.55. The number of benzene rings is 1. The lowest BCUT2D eigenvalue weighted by molar-refractivity contribution is 0.474. The van der Waals surface area contributed by atoms with E-state index in [0.29, 0.717) is 5.75 Å². The van der Waals surface area contributed by atoms with Crippen LogP contribution in [0.25, 0.3) is 0 Å². The largest absolute Gasteiger partial charge is 0.508 e. The Morgan fingerprint density at radius 3 is 2.75 bits per heavy atom. The van der Waals surface area contributed by atoms with Gasteiger partial charge in [0.05, 0.1) is 0 Å². The molecule has 1 aliphatic carbocycles. The minimum atomic E-state index is 0.411. The molecule has 0 spiro atoms. The highest BCUT2D eigenvalue weighted by atomic mass is 16.3. The summed E-state index contributed by atoms with van der Waals surface area (Å²) in [5.74, 6) is 1.15. The Morgan fingerprint density at radius 2 is 2.17 bits per heavy atom. The van der Waals surface area contributed by atoms with Crippen molar-refractivity contribution in [1.82, 2.24) is 0 Å². The summed E-state index contributed by atoms with van der Waals surface area (Å²) >= 11 is 0. The van der Waals surface area contributed by atoms with Crippen molar-refractivity contribution in [2.75, 3.05) is 0 Å². The summed E-state index contributed by atoms with van der Waals surface area (Å²) in [5, 5.41) is 9.31. The number of hydrogen-bond acceptors (Lipinski definition) is 1. The molecular formula is C11H14O. The van der Waals surface area contributed by atoms with Crippen LogP contribution in [0.2, 0.25) is 0 Å². The molecule has 0 bridgehead atoms. The second-order valence-corrected chi connectivity index (χ2v) is 3.51. The van der Waals surface area contributed by atoms with Crippen LogP contribution in [0.4, 0.5) is 0 Å². The van der Waals surface area contributed by atoms with Crippen LogP contribution < -0.4 is 0 Å². The van der Waals surface area contributed by atoms with Gasteiger partial charge in [-0.2, -0.15) is 0 Å². The number of phenolic OH excluding ortho intramolecular Hbond substituents is 1. The van der Waals surface area contributed by atoms with Crippen molar-refractivity contribution in [1.29, 1.82) is 0 Å². The van der Waals surface area contributed by atoms with E-state index in [4.69, 9.17) is 0 Å². The third-order valence-electron chi connectivity index (χ3n) is 2.53. The molecule has 0 aliphatic heterocycles. The smallest absolute Gasteiger partial charge is 0.115 e. The van der Waals surface area contributed by atoms with Crippen LogP contribution in [-0.4, -0.2) is 5.11 Å². The maximum atomic E-state index is 9.31. The SMILES string of the molecule is CCc1ccc(O)cc1C1CC1. The Labute approximate surface area is 73.0 Å². The maximum Gasteiger partial charge on any atom is 0.115 e. The first-order valence-corrected chi connectivity index (χ1v) is 4.63. The van der Waals surface area contributed by atoms with Gasteiger partial charge in [0, 0.05) is 0 Å². The van der Waals surface area contributed by atoms with Crippen molar-refractivity contribution in [2.45, 2.75) is 32.1 Å². The van der Waals surface area contributed by atoms with E-state index in [9.17, 15) is 5.11 Å². The van der Waals surface area contributed by atoms with Crippen LogP contribution in [0.1, 0.15) is 36.8 Å². The summed E-state index contributed by atoms with van der Waals surface area (Å²) in [5.41, 5.74) is 2.77. The highest BCUT2D eigenvalue weighted by Crippen LogP contribution is 2.42. The molecule has 0 heterocycles. The van der Waals surface area contributed by atoms with E-state index in [-0.39, 0.29) is 0 Å². The van der Waals surface area contributed by atoms with Crippen molar-refractivity contribution in [2.24, 2.45) is 0 Å². The van der Waals surface area contributed by atoms with E-state index in [0.717, 1.165) is 12.3 Å². The standard InChI is InChI=1S/C11H14O/c1-2-8-5-6-10(12)7-11(8)9-3-4-9/h5-7,9,12H,2-4H2,1H3. The fraction of sp³-hybridized carbons (Fsp3) is 0.455. The van der Waals surface area contributed by atoms with E-state index in [1.165, 1.54) is 24.0 Å². The monoisotopic (exact) mass is 162 g/mol. The first-order chi connectivity index (χ1) is 5.81. The molecule has 0 saturated heterocycles. The van der Waals surface area contributed by atoms with Gasteiger partial charge in [-0.15, -0.1) is 0 Å². The van der Waals surface area contributed by atoms with Gasteiger partial charge in [-0.1, -0.05) is 13.0 Å². The number of phenols is 1. The molecule has 1 aromatic rings. The van der Waals surface area contributed by atoms with E-state index in [1.807, 2.05) is 12.1 Å². The molecule has 0 aromatic heterocycles. The molecule has 0 radical (unpaired) electrons. The highest BCUT2D eigenvalue weighted by molar-refractivity contribution is 5.39. The molecule has 1 fully saturated rings. The molecule has 2 rings (SSSR count). The molecule has 1 N–H and O–H groups in total. The Bertz CT molecular complexity index is 287. The lowest BCUT2D eigenvalue weighted by Gasteiger charge is -2.06. The lowest BCUT2D eigenvalue weighted by atomic mass is 10.0. The summed E-state index contributed by atoms with van der Waals surface area (Å²) in [6, 6.07) is 5.75. The molecule has 0 amide bonds. The molecule has 1 nitrogen and oxygen atoms in total. The minimum absolute atomic E-state index is 0.411. The van der Waals surface area contributed by atoms with E-state index >= 15 is 0 Å². The van der Waals surface area contributed by atoms with Gasteiger partial charge in [-0.25, -0.2) is 0 Å². The van der Waals surface area contributed by atoms with Crippen LogP contribution in [0.15, 0.2) is 18.2 Å². The zero-order valence-corrected chi connectivity index (χ0v) is 7.38. The van der Waals surface area contributed by atoms with Crippen LogP contribution in [0.3, 0.4) is 0 Å². The van der Waals surface area contributed by atoms with Crippen molar-refractivity contribution in [3.05, 3.63) is 29.3 Å². The molecule has 1 saturated carbocycles. The lowest BCUT2D eigenvalue weighted by Crippen LogP contribution is -1.89. The summed E-state index contributed by atoms with van der Waals surface area (Å²) in [7, 11) is 0. The fourth-order valence-electron chi connectivity index (χ4n) is 1.68. The summed E-state index contributed by atoms with van der Waals surface area (Å²) in [4.78, 5) is 0. The molecule has 1 aliphatic rings. The predicted molar refractivity (Wildman–Crippen MR) is 49.5 cm³/mol. The summed E-state index contributed by atoms with van der Waals surface area (Å²) in [6.07, 6.45) is 3.68. The molecule has 0 atom stereocenters. The quantitative estimate of drug-likeness (QED) is 0.709. The van der Waals surface area contributed by atoms with Gasteiger partial charge in [-0.05, 0) is 48.4 Å². The van der Waals surface area contributed by atoms with Gasteiger partial charge in [0.1, 0.15) is 5.75 Å². The fourth-order valence-corrected chi connectivity index (χ4v) is 1.68. The van der Waals surface area contributed by atoms with Gasteiger partial charge >= 0.3 is 0 Å². The zero-order valence-electron chi connectivity index (χ0n) is 7.38. The van der Waals surface area contributed by atoms with E-state index in [1.54, 1.807) is 6.07 Å². The minimum Gasteiger partial charge on any atom is -0.508 e. The molecule has 0 unspecified atom stereocenters. The Hall–Kier alpha value is -0.980. The number of hydrogen-bond donors (Lipinski definition) is 1. The predicted octanol–water partition coefficient (Wildman–Crippen LogP) is 2.83. The summed E-state index contributed by atoms with van der Waals surface area (Å²) < 4.78 is 0. The van der Waals surface area contributed by atoms with Gasteiger partial charge in [-0.3, -0.25) is 0 Å². The molecule has 64 valence electrons. The van der Waals surface area contributed by atoms with Crippen LogP contribution in [0, 0.1) is 0 Å². The van der Waals surface area contributed by atoms with Crippen molar-refractivity contribution < 1.29 is 5.11 Å². The average molecular weight is 162 g/mol. The topological polar surface area (TPSA) is 20.2 Å². The second kappa shape index (κ2) is 2.81. The number of aryl methyl sites for hydroxylation is 1. The van der Waals surface area contributed by atoms with Crippen LogP contribution >= 0.6 is 0 Å². The highest BCUT2D eigenvalue weighted by Gasteiger charge is 2.25. The van der Waals surface area contributed by atoms with Crippen molar-refractivity contribution in [3.63, 3.8) is 0 Å². The molecule has 1 aromatic carbocycles. The van der Waals surface area contributed by atoms with Crippen molar-refractivity contribution in [3.8, 4) is 5.75 Å². The van der Waals surface area contributed by atoms with Crippen LogP contribution in [-0.2, 0) is 6.42 Å². The average Bonchev–Trinajstić information content (AvgIpc) is 2.87. The second-order valence-electron chi connectivity index (χ2n) is 3.51. The van der Waals surface area contributed by atoms with Gasteiger partial charge < -0.3 is 5.11 Å². The Kier molecular flexibility index (Phi) is 1.80. The first kappa shape index (κ1) is 7.66. The van der Waals surface area contributed by atoms with Gasteiger partial charge in [0.15, 0.2) is 0 Å². The van der Waals surface area contributed by atoms with Gasteiger partial charge in [0.25, 0.3) is 0 Å². The van der Waals surface area contributed by atoms with Gasteiger partial charge in [0.2, 0.25) is 0 Å². The van der Waals surface area contributed by atoms with E-state index in [2.05, 4.69) is 6.92 Å². The molecule has 1 heteroatoms. The van der Waals surface area contributed by atoms with E-state index < -0.39 is 0 Å². The Balaban J connectivity index is 2.39. The maximum absolute atomic E-state index is 9.31. The summed E-state index contributed by atoms with van der Waals surface area (Å²) in [6.45, 7) is 2.16. The number of rotatable bonds is 2.